The molecule has 0 amide bonds. The third kappa shape index (κ3) is 1.90. The van der Waals surface area contributed by atoms with Crippen molar-refractivity contribution >= 4 is 45.9 Å². The van der Waals surface area contributed by atoms with Gasteiger partial charge in [0, 0.05) is 29.7 Å². The smallest absolute Gasteiger partial charge is 0.0965 e. The lowest BCUT2D eigenvalue weighted by Gasteiger charge is -2.03. The topological polar surface area (TPSA) is 49.6 Å². The molecule has 1 aromatic carbocycles. The van der Waals surface area contributed by atoms with Crippen LogP contribution < -0.4 is 0 Å². The summed E-state index contributed by atoms with van der Waals surface area (Å²) in [6, 6.07) is 3.77. The van der Waals surface area contributed by atoms with Crippen molar-refractivity contribution in [2.24, 2.45) is 0 Å². The van der Waals surface area contributed by atoms with Gasteiger partial charge < -0.3 is 5.41 Å². The van der Waals surface area contributed by atoms with Crippen molar-refractivity contribution in [1.29, 1.82) is 5.41 Å². The van der Waals surface area contributed by atoms with E-state index in [0.29, 0.717) is 0 Å². The molecule has 2 rings (SSSR count). The first-order chi connectivity index (χ1) is 7.36. The molecule has 1 aromatic heterocycles. The number of halogens is 1. The molecule has 0 bridgehead atoms. The molecule has 0 spiro atoms. The summed E-state index contributed by atoms with van der Waals surface area (Å²) in [6.45, 7) is 0. The number of benzene rings is 1. The summed E-state index contributed by atoms with van der Waals surface area (Å²) in [5.74, 6) is 0. The number of fused-ring (bicyclic) bond motifs is 1. The van der Waals surface area contributed by atoms with E-state index in [0.717, 1.165) is 22.2 Å². The van der Waals surface area contributed by atoms with Gasteiger partial charge in [0.1, 0.15) is 0 Å². The summed E-state index contributed by atoms with van der Waals surface area (Å²) in [5.41, 5.74) is 3.50. The molecule has 0 atom stereocenters. The molecule has 1 heterocycles. The van der Waals surface area contributed by atoms with Crippen LogP contribution in [0.25, 0.3) is 17.1 Å². The highest BCUT2D eigenvalue weighted by Crippen LogP contribution is 2.19. The monoisotopic (exact) mass is 309 g/mol. The predicted octanol–water partition coefficient (Wildman–Crippen LogP) is 3.03. The molecule has 0 radical (unpaired) electrons. The van der Waals surface area contributed by atoms with Crippen molar-refractivity contribution < 1.29 is 0 Å². The molecular weight excluding hydrogens is 301 g/mol. The fraction of sp³-hybridized carbons (Fsp3) is 0. The molecule has 0 unspecified atom stereocenters. The maximum absolute atomic E-state index is 7.33. The van der Waals surface area contributed by atoms with Crippen molar-refractivity contribution in [1.82, 2.24) is 9.97 Å². The van der Waals surface area contributed by atoms with Crippen LogP contribution in [-0.4, -0.2) is 16.2 Å². The van der Waals surface area contributed by atoms with Crippen LogP contribution in [0.15, 0.2) is 28.6 Å². The number of rotatable bonds is 2. The van der Waals surface area contributed by atoms with E-state index < -0.39 is 0 Å². The zero-order valence-electron chi connectivity index (χ0n) is 7.81. The first-order valence-electron chi connectivity index (χ1n) is 4.38. The van der Waals surface area contributed by atoms with Gasteiger partial charge in [-0.3, -0.25) is 9.97 Å². The Morgan fingerprint density at radius 3 is 2.73 bits per heavy atom. The zero-order chi connectivity index (χ0) is 10.7. The van der Waals surface area contributed by atoms with Gasteiger partial charge in [0.05, 0.1) is 11.0 Å². The molecular formula is C11H8IN3. The van der Waals surface area contributed by atoms with Gasteiger partial charge in [-0.1, -0.05) is 28.7 Å². The van der Waals surface area contributed by atoms with Crippen LogP contribution in [0.2, 0.25) is 0 Å². The van der Waals surface area contributed by atoms with Gasteiger partial charge >= 0.3 is 0 Å². The number of nitrogens with zero attached hydrogens (tertiary/aromatic N) is 2. The minimum Gasteiger partial charge on any atom is -0.308 e. The first-order valence-corrected chi connectivity index (χ1v) is 5.62. The fourth-order valence-electron chi connectivity index (χ4n) is 1.44. The van der Waals surface area contributed by atoms with Gasteiger partial charge in [-0.2, -0.15) is 0 Å². The van der Waals surface area contributed by atoms with E-state index in [-0.39, 0.29) is 0 Å². The Morgan fingerprint density at radius 1 is 1.20 bits per heavy atom. The molecule has 0 fully saturated rings. The molecule has 2 aromatic rings. The lowest BCUT2D eigenvalue weighted by Crippen LogP contribution is -1.91. The SMILES string of the molecule is N=Cc1ccc2nccnc2c1/C=C\I. The van der Waals surface area contributed by atoms with Crippen molar-refractivity contribution in [3.05, 3.63) is 39.7 Å². The van der Waals surface area contributed by atoms with E-state index >= 15 is 0 Å². The quantitative estimate of drug-likeness (QED) is 0.685. The maximum Gasteiger partial charge on any atom is 0.0965 e. The van der Waals surface area contributed by atoms with E-state index in [1.54, 1.807) is 12.4 Å². The van der Waals surface area contributed by atoms with Crippen LogP contribution in [0.5, 0.6) is 0 Å². The van der Waals surface area contributed by atoms with E-state index in [4.69, 9.17) is 5.41 Å². The molecule has 0 aliphatic rings. The molecule has 0 aliphatic carbocycles. The van der Waals surface area contributed by atoms with Crippen molar-refractivity contribution in [2.75, 3.05) is 0 Å². The zero-order valence-corrected chi connectivity index (χ0v) is 9.97. The molecule has 4 heteroatoms. The van der Waals surface area contributed by atoms with Gasteiger partial charge in [0.15, 0.2) is 0 Å². The van der Waals surface area contributed by atoms with Crippen LogP contribution in [-0.2, 0) is 0 Å². The second-order valence-electron chi connectivity index (χ2n) is 2.93. The van der Waals surface area contributed by atoms with Gasteiger partial charge in [0.25, 0.3) is 0 Å². The van der Waals surface area contributed by atoms with Crippen LogP contribution in [0.4, 0.5) is 0 Å². The summed E-state index contributed by atoms with van der Waals surface area (Å²) in [4.78, 5) is 8.51. The maximum atomic E-state index is 7.33. The number of nitrogens with one attached hydrogen (secondary N) is 1. The summed E-state index contributed by atoms with van der Waals surface area (Å²) < 4.78 is 1.91. The van der Waals surface area contributed by atoms with Gasteiger partial charge in [-0.15, -0.1) is 0 Å². The van der Waals surface area contributed by atoms with Crippen molar-refractivity contribution in [3.8, 4) is 0 Å². The minimum absolute atomic E-state index is 0.839. The summed E-state index contributed by atoms with van der Waals surface area (Å²) >= 11 is 2.15. The lowest BCUT2D eigenvalue weighted by atomic mass is 10.1. The second kappa shape index (κ2) is 4.48. The van der Waals surface area contributed by atoms with Gasteiger partial charge in [-0.25, -0.2) is 0 Å². The van der Waals surface area contributed by atoms with E-state index in [2.05, 4.69) is 32.6 Å². The van der Waals surface area contributed by atoms with Crippen LogP contribution in [0.1, 0.15) is 11.1 Å². The Morgan fingerprint density at radius 2 is 2.00 bits per heavy atom. The third-order valence-corrected chi connectivity index (χ3v) is 2.46. The second-order valence-corrected chi connectivity index (χ2v) is 3.65. The third-order valence-electron chi connectivity index (χ3n) is 2.10. The van der Waals surface area contributed by atoms with Gasteiger partial charge in [0.2, 0.25) is 0 Å². The van der Waals surface area contributed by atoms with E-state index in [1.165, 1.54) is 6.21 Å². The van der Waals surface area contributed by atoms with Crippen LogP contribution in [0.3, 0.4) is 0 Å². The summed E-state index contributed by atoms with van der Waals surface area (Å²) in [6.07, 6.45) is 6.61. The highest BCUT2D eigenvalue weighted by molar-refractivity contribution is 14.1. The van der Waals surface area contributed by atoms with Crippen LogP contribution >= 0.6 is 22.6 Å². The van der Waals surface area contributed by atoms with E-state index in [9.17, 15) is 0 Å². The fourth-order valence-corrected chi connectivity index (χ4v) is 1.80. The Labute approximate surface area is 101 Å². The Hall–Kier alpha value is -1.30. The van der Waals surface area contributed by atoms with Crippen LogP contribution in [0, 0.1) is 5.41 Å². The summed E-state index contributed by atoms with van der Waals surface area (Å²) in [5, 5.41) is 7.33. The lowest BCUT2D eigenvalue weighted by molar-refractivity contribution is 1.29. The molecule has 15 heavy (non-hydrogen) atoms. The predicted molar refractivity (Wildman–Crippen MR) is 70.5 cm³/mol. The minimum atomic E-state index is 0.839. The first kappa shape index (κ1) is 10.2. The molecule has 74 valence electrons. The van der Waals surface area contributed by atoms with Gasteiger partial charge in [-0.05, 0) is 16.2 Å². The summed E-state index contributed by atoms with van der Waals surface area (Å²) in [7, 11) is 0. The Kier molecular flexibility index (Phi) is 3.05. The highest BCUT2D eigenvalue weighted by Gasteiger charge is 2.04. The average Bonchev–Trinajstić information content (AvgIpc) is 2.30. The average molecular weight is 309 g/mol. The normalized spacial score (nSPS) is 11.0. The highest BCUT2D eigenvalue weighted by atomic mass is 127. The Balaban J connectivity index is 2.84. The molecule has 3 nitrogen and oxygen atoms in total. The van der Waals surface area contributed by atoms with Crippen molar-refractivity contribution in [3.63, 3.8) is 0 Å². The standard InChI is InChI=1S/C11H8IN3/c12-4-3-9-8(7-13)1-2-10-11(9)15-6-5-14-10/h1-7,13H/b4-3-,13-7?. The molecule has 0 aliphatic heterocycles. The van der Waals surface area contributed by atoms with Crippen molar-refractivity contribution in [2.45, 2.75) is 0 Å². The number of hydrogen-bond acceptors (Lipinski definition) is 3. The molecule has 1 N–H and O–H groups in total. The largest absolute Gasteiger partial charge is 0.308 e. The molecule has 0 saturated carbocycles. The number of hydrogen-bond donors (Lipinski definition) is 1. The Bertz CT molecular complexity index is 534. The molecule has 0 saturated heterocycles. The van der Waals surface area contributed by atoms with E-state index in [1.807, 2.05) is 22.3 Å². The number of aromatic nitrogens is 2.